The molecule has 0 spiro atoms. The molecule has 0 aliphatic rings. The quantitative estimate of drug-likeness (QED) is 0.348. The van der Waals surface area contributed by atoms with E-state index in [0.717, 1.165) is 30.0 Å². The first-order valence-corrected chi connectivity index (χ1v) is 12.6. The van der Waals surface area contributed by atoms with Gasteiger partial charge >= 0.3 is 0 Å². The van der Waals surface area contributed by atoms with Gasteiger partial charge in [0.15, 0.2) is 0 Å². The molecule has 0 radical (unpaired) electrons. The van der Waals surface area contributed by atoms with Crippen molar-refractivity contribution in [2.24, 2.45) is 0 Å². The number of nitrogens with zero attached hydrogens (tertiary/aromatic N) is 3. The number of methoxy groups -OCH3 is 1. The van der Waals surface area contributed by atoms with Gasteiger partial charge in [0.05, 0.1) is 18.5 Å². The van der Waals surface area contributed by atoms with Gasteiger partial charge in [0, 0.05) is 33.6 Å². The third-order valence-corrected chi connectivity index (χ3v) is 6.01. The van der Waals surface area contributed by atoms with Crippen molar-refractivity contribution in [2.75, 3.05) is 25.5 Å². The lowest BCUT2D eigenvalue weighted by Crippen LogP contribution is -2.39. The van der Waals surface area contributed by atoms with E-state index in [1.807, 2.05) is 37.3 Å². The molecule has 1 N–H and O–H groups in total. The van der Waals surface area contributed by atoms with Gasteiger partial charge in [-0.05, 0) is 48.9 Å². The molecule has 192 valence electrons. The van der Waals surface area contributed by atoms with Crippen LogP contribution in [0, 0.1) is 0 Å². The third kappa shape index (κ3) is 7.02. The molecule has 0 bridgehead atoms. The number of anilines is 1. The Balaban J connectivity index is 1.87. The van der Waals surface area contributed by atoms with Gasteiger partial charge in [-0.1, -0.05) is 57.3 Å². The molecule has 1 aromatic heterocycles. The first-order chi connectivity index (χ1) is 17.0. The van der Waals surface area contributed by atoms with Gasteiger partial charge in [0.2, 0.25) is 5.91 Å². The van der Waals surface area contributed by atoms with Gasteiger partial charge in [0.25, 0.3) is 5.91 Å². The van der Waals surface area contributed by atoms with Crippen LogP contribution in [0.5, 0.6) is 5.75 Å². The maximum atomic E-state index is 13.2. The van der Waals surface area contributed by atoms with Crippen molar-refractivity contribution in [3.05, 3.63) is 69.8 Å². The highest BCUT2D eigenvalue weighted by atomic mass is 35.5. The minimum atomic E-state index is -0.331. The SMILES string of the molecule is CCCCN(CC(=O)Nc1cc(C(C)(C)C)nn1-c1ccc(OC)cc1)C(=O)c1cc(Cl)cc(Cl)c1. The molecule has 0 saturated carbocycles. The van der Waals surface area contributed by atoms with Crippen molar-refractivity contribution < 1.29 is 14.3 Å². The molecule has 9 heteroatoms. The van der Waals surface area contributed by atoms with Crippen molar-refractivity contribution in [1.29, 1.82) is 0 Å². The zero-order valence-corrected chi connectivity index (χ0v) is 22.8. The smallest absolute Gasteiger partial charge is 0.254 e. The molecule has 0 atom stereocenters. The highest BCUT2D eigenvalue weighted by Crippen LogP contribution is 2.27. The largest absolute Gasteiger partial charge is 0.497 e. The number of carbonyl (C=O) groups is 2. The minimum Gasteiger partial charge on any atom is -0.497 e. The van der Waals surface area contributed by atoms with Crippen LogP contribution in [0.1, 0.15) is 56.6 Å². The van der Waals surface area contributed by atoms with E-state index < -0.39 is 0 Å². The fourth-order valence-corrected chi connectivity index (χ4v) is 4.10. The molecular weight excluding hydrogens is 499 g/mol. The standard InChI is InChI=1S/C27H32Cl2N4O3/c1-6-7-12-32(26(35)18-13-19(28)15-20(29)14-18)17-25(34)30-24-16-23(27(2,3)4)31-33(24)21-8-10-22(36-5)11-9-21/h8-11,13-16H,6-7,12,17H2,1-5H3,(H,30,34). The Morgan fingerprint density at radius 3 is 2.25 bits per heavy atom. The number of ether oxygens (including phenoxy) is 1. The lowest BCUT2D eigenvalue weighted by Gasteiger charge is -2.22. The second kappa shape index (κ2) is 11.8. The van der Waals surface area contributed by atoms with E-state index in [9.17, 15) is 9.59 Å². The van der Waals surface area contributed by atoms with E-state index in [2.05, 4.69) is 26.1 Å². The lowest BCUT2D eigenvalue weighted by atomic mass is 9.92. The van der Waals surface area contributed by atoms with E-state index in [4.69, 9.17) is 33.0 Å². The van der Waals surface area contributed by atoms with Crippen LogP contribution < -0.4 is 10.1 Å². The summed E-state index contributed by atoms with van der Waals surface area (Å²) in [6.45, 7) is 8.50. The van der Waals surface area contributed by atoms with Crippen LogP contribution in [0.2, 0.25) is 10.0 Å². The summed E-state index contributed by atoms with van der Waals surface area (Å²) in [6.07, 6.45) is 1.63. The van der Waals surface area contributed by atoms with Crippen LogP contribution in [-0.4, -0.2) is 46.7 Å². The van der Waals surface area contributed by atoms with Crippen molar-refractivity contribution >= 4 is 40.8 Å². The molecule has 1 heterocycles. The molecule has 0 fully saturated rings. The normalized spacial score (nSPS) is 11.3. The van der Waals surface area contributed by atoms with Gasteiger partial charge < -0.3 is 15.0 Å². The van der Waals surface area contributed by atoms with Crippen LogP contribution in [0.15, 0.2) is 48.5 Å². The Morgan fingerprint density at radius 2 is 1.69 bits per heavy atom. The van der Waals surface area contributed by atoms with E-state index in [-0.39, 0.29) is 23.8 Å². The Labute approximate surface area is 222 Å². The number of nitrogens with one attached hydrogen (secondary N) is 1. The molecule has 0 aliphatic carbocycles. The molecule has 3 aromatic rings. The number of aromatic nitrogens is 2. The fraction of sp³-hybridized carbons (Fsp3) is 0.370. The number of benzene rings is 2. The second-order valence-corrected chi connectivity index (χ2v) is 10.4. The number of halogens is 2. The van der Waals surface area contributed by atoms with Crippen molar-refractivity contribution in [3.63, 3.8) is 0 Å². The summed E-state index contributed by atoms with van der Waals surface area (Å²) in [5.41, 5.74) is 1.71. The average molecular weight is 531 g/mol. The van der Waals surface area contributed by atoms with Crippen LogP contribution in [0.4, 0.5) is 5.82 Å². The number of amides is 2. The summed E-state index contributed by atoms with van der Waals surface area (Å²) in [5.74, 6) is 0.604. The van der Waals surface area contributed by atoms with E-state index >= 15 is 0 Å². The van der Waals surface area contributed by atoms with Crippen LogP contribution in [0.25, 0.3) is 5.69 Å². The Hall–Kier alpha value is -3.03. The summed E-state index contributed by atoms with van der Waals surface area (Å²) in [4.78, 5) is 27.9. The van der Waals surface area contributed by atoms with Crippen LogP contribution in [0.3, 0.4) is 0 Å². The average Bonchev–Trinajstić information content (AvgIpc) is 3.25. The molecular formula is C27H32Cl2N4O3. The Bertz CT molecular complexity index is 1200. The van der Waals surface area contributed by atoms with Gasteiger partial charge in [-0.25, -0.2) is 4.68 Å². The molecule has 0 unspecified atom stereocenters. The monoisotopic (exact) mass is 530 g/mol. The highest BCUT2D eigenvalue weighted by Gasteiger charge is 2.24. The summed E-state index contributed by atoms with van der Waals surface area (Å²) >= 11 is 12.2. The topological polar surface area (TPSA) is 76.5 Å². The molecule has 36 heavy (non-hydrogen) atoms. The Kier molecular flexibility index (Phi) is 9.03. The molecule has 2 amide bonds. The van der Waals surface area contributed by atoms with E-state index in [1.54, 1.807) is 30.0 Å². The lowest BCUT2D eigenvalue weighted by molar-refractivity contribution is -0.117. The summed E-state index contributed by atoms with van der Waals surface area (Å²) < 4.78 is 6.94. The summed E-state index contributed by atoms with van der Waals surface area (Å²) in [5, 5.41) is 8.42. The van der Waals surface area contributed by atoms with Crippen molar-refractivity contribution in [3.8, 4) is 11.4 Å². The molecule has 7 nitrogen and oxygen atoms in total. The van der Waals surface area contributed by atoms with Gasteiger partial charge in [-0.3, -0.25) is 9.59 Å². The first kappa shape index (κ1) is 27.6. The predicted octanol–water partition coefficient (Wildman–Crippen LogP) is 6.37. The third-order valence-electron chi connectivity index (χ3n) is 5.58. The number of unbranched alkanes of at least 4 members (excludes halogenated alkanes) is 1. The molecule has 0 aliphatic heterocycles. The number of hydrogen-bond acceptors (Lipinski definition) is 4. The maximum Gasteiger partial charge on any atom is 0.254 e. The Morgan fingerprint density at radius 1 is 1.06 bits per heavy atom. The van der Waals surface area contributed by atoms with Crippen LogP contribution in [-0.2, 0) is 10.2 Å². The predicted molar refractivity (Wildman–Crippen MR) is 145 cm³/mol. The highest BCUT2D eigenvalue weighted by molar-refractivity contribution is 6.35. The van der Waals surface area contributed by atoms with E-state index in [0.29, 0.717) is 28.0 Å². The van der Waals surface area contributed by atoms with E-state index in [1.165, 1.54) is 4.90 Å². The second-order valence-electron chi connectivity index (χ2n) is 9.56. The van der Waals surface area contributed by atoms with Gasteiger partial charge in [0.1, 0.15) is 18.1 Å². The zero-order valence-electron chi connectivity index (χ0n) is 21.3. The van der Waals surface area contributed by atoms with Crippen molar-refractivity contribution in [1.82, 2.24) is 14.7 Å². The first-order valence-electron chi connectivity index (χ1n) is 11.8. The number of rotatable bonds is 9. The maximum absolute atomic E-state index is 13.2. The van der Waals surface area contributed by atoms with Crippen molar-refractivity contribution in [2.45, 2.75) is 46.0 Å². The molecule has 0 saturated heterocycles. The minimum absolute atomic E-state index is 0.123. The van der Waals surface area contributed by atoms with Gasteiger partial charge in [-0.2, -0.15) is 5.10 Å². The zero-order chi connectivity index (χ0) is 26.5. The number of carbonyl (C=O) groups excluding carboxylic acids is 2. The fourth-order valence-electron chi connectivity index (χ4n) is 3.57. The van der Waals surface area contributed by atoms with Gasteiger partial charge in [-0.15, -0.1) is 0 Å². The number of hydrogen-bond donors (Lipinski definition) is 1. The summed E-state index contributed by atoms with van der Waals surface area (Å²) in [7, 11) is 1.61. The summed E-state index contributed by atoms with van der Waals surface area (Å²) in [6, 6.07) is 13.9. The molecule has 2 aromatic carbocycles. The van der Waals surface area contributed by atoms with Crippen LogP contribution >= 0.6 is 23.2 Å². The molecule has 3 rings (SSSR count).